The van der Waals surface area contributed by atoms with Gasteiger partial charge in [0.25, 0.3) is 0 Å². The lowest BCUT2D eigenvalue weighted by molar-refractivity contribution is 0.0842. The van der Waals surface area contributed by atoms with E-state index in [0.29, 0.717) is 12.1 Å². The van der Waals surface area contributed by atoms with Crippen molar-refractivity contribution in [3.8, 4) is 0 Å². The van der Waals surface area contributed by atoms with Crippen molar-refractivity contribution in [1.29, 1.82) is 0 Å². The number of likely N-dealkylation sites (N-methyl/N-ethyl adjacent to an activating group) is 2. The quantitative estimate of drug-likeness (QED) is 0.751. The molecule has 3 heteroatoms. The Labute approximate surface area is 101 Å². The van der Waals surface area contributed by atoms with Gasteiger partial charge in [0.05, 0.1) is 6.10 Å². The van der Waals surface area contributed by atoms with Crippen LogP contribution >= 0.6 is 0 Å². The van der Waals surface area contributed by atoms with E-state index < -0.39 is 0 Å². The molecule has 1 saturated heterocycles. The molecular weight excluding hydrogens is 200 g/mol. The van der Waals surface area contributed by atoms with Crippen molar-refractivity contribution >= 4 is 0 Å². The lowest BCUT2D eigenvalue weighted by Gasteiger charge is -2.40. The highest BCUT2D eigenvalue weighted by atomic mass is 16.5. The maximum absolute atomic E-state index is 5.68. The first-order chi connectivity index (χ1) is 7.48. The first-order valence-corrected chi connectivity index (χ1v) is 6.44. The SMILES string of the molecule is CNC(CCC1CCCO1)C(C)(C)N(C)C. The molecule has 0 saturated carbocycles. The molecule has 0 bridgehead atoms. The highest BCUT2D eigenvalue weighted by molar-refractivity contribution is 4.91. The predicted molar refractivity (Wildman–Crippen MR) is 68.8 cm³/mol. The van der Waals surface area contributed by atoms with Crippen LogP contribution in [0.4, 0.5) is 0 Å². The molecule has 0 aromatic carbocycles. The molecule has 3 nitrogen and oxygen atoms in total. The molecule has 0 amide bonds. The molecule has 1 aliphatic rings. The summed E-state index contributed by atoms with van der Waals surface area (Å²) in [5, 5.41) is 3.45. The Hall–Kier alpha value is -0.120. The van der Waals surface area contributed by atoms with Gasteiger partial charge in [-0.15, -0.1) is 0 Å². The van der Waals surface area contributed by atoms with E-state index in [1.807, 2.05) is 0 Å². The zero-order valence-electron chi connectivity index (χ0n) is 11.5. The van der Waals surface area contributed by atoms with Gasteiger partial charge in [0.1, 0.15) is 0 Å². The van der Waals surface area contributed by atoms with Crippen LogP contribution in [0.3, 0.4) is 0 Å². The molecule has 2 unspecified atom stereocenters. The normalized spacial score (nSPS) is 24.0. The van der Waals surface area contributed by atoms with E-state index in [1.54, 1.807) is 0 Å². The molecule has 0 aliphatic carbocycles. The number of hydrogen-bond acceptors (Lipinski definition) is 3. The molecule has 0 radical (unpaired) electrons. The van der Waals surface area contributed by atoms with Crippen LogP contribution in [-0.4, -0.2) is 50.3 Å². The molecule has 1 heterocycles. The average Bonchev–Trinajstić information content (AvgIpc) is 2.71. The summed E-state index contributed by atoms with van der Waals surface area (Å²) in [5.74, 6) is 0. The third kappa shape index (κ3) is 3.44. The molecule has 0 spiro atoms. The molecule has 16 heavy (non-hydrogen) atoms. The molecular formula is C13H28N2O. The molecule has 0 aromatic rings. The highest BCUT2D eigenvalue weighted by Gasteiger charge is 2.31. The summed E-state index contributed by atoms with van der Waals surface area (Å²) in [6.07, 6.45) is 5.37. The summed E-state index contributed by atoms with van der Waals surface area (Å²) < 4.78 is 5.68. The van der Waals surface area contributed by atoms with Crippen molar-refractivity contribution < 1.29 is 4.74 Å². The van der Waals surface area contributed by atoms with E-state index in [9.17, 15) is 0 Å². The summed E-state index contributed by atoms with van der Waals surface area (Å²) in [6.45, 7) is 5.55. The summed E-state index contributed by atoms with van der Waals surface area (Å²) in [7, 11) is 6.36. The molecule has 1 aliphatic heterocycles. The van der Waals surface area contributed by atoms with Crippen molar-refractivity contribution in [1.82, 2.24) is 10.2 Å². The Morgan fingerprint density at radius 2 is 2.12 bits per heavy atom. The number of rotatable bonds is 6. The second kappa shape index (κ2) is 5.99. The van der Waals surface area contributed by atoms with Crippen molar-refractivity contribution in [2.75, 3.05) is 27.7 Å². The third-order valence-electron chi connectivity index (χ3n) is 4.16. The minimum Gasteiger partial charge on any atom is -0.378 e. The minimum atomic E-state index is 0.188. The fourth-order valence-corrected chi connectivity index (χ4v) is 2.39. The van der Waals surface area contributed by atoms with Crippen LogP contribution in [0.25, 0.3) is 0 Å². The topological polar surface area (TPSA) is 24.5 Å². The monoisotopic (exact) mass is 228 g/mol. The molecule has 1 rings (SSSR count). The van der Waals surface area contributed by atoms with Crippen LogP contribution in [0, 0.1) is 0 Å². The van der Waals surface area contributed by atoms with E-state index in [2.05, 4.69) is 45.2 Å². The number of nitrogens with zero attached hydrogens (tertiary/aromatic N) is 1. The second-order valence-electron chi connectivity index (χ2n) is 5.60. The summed E-state index contributed by atoms with van der Waals surface area (Å²) in [6, 6.07) is 0.520. The lowest BCUT2D eigenvalue weighted by atomic mass is 9.88. The van der Waals surface area contributed by atoms with Gasteiger partial charge < -0.3 is 15.0 Å². The minimum absolute atomic E-state index is 0.188. The van der Waals surface area contributed by atoms with Crippen molar-refractivity contribution in [2.24, 2.45) is 0 Å². The Balaban J connectivity index is 2.41. The van der Waals surface area contributed by atoms with Crippen LogP contribution < -0.4 is 5.32 Å². The summed E-state index contributed by atoms with van der Waals surface area (Å²) in [4.78, 5) is 2.30. The fourth-order valence-electron chi connectivity index (χ4n) is 2.39. The van der Waals surface area contributed by atoms with Gasteiger partial charge in [0.15, 0.2) is 0 Å². The average molecular weight is 228 g/mol. The zero-order chi connectivity index (χ0) is 12.2. The lowest BCUT2D eigenvalue weighted by Crippen LogP contribution is -2.54. The van der Waals surface area contributed by atoms with Crippen molar-refractivity contribution in [3.63, 3.8) is 0 Å². The molecule has 1 N–H and O–H groups in total. The van der Waals surface area contributed by atoms with Gasteiger partial charge in [-0.25, -0.2) is 0 Å². The van der Waals surface area contributed by atoms with Crippen molar-refractivity contribution in [2.45, 2.75) is 57.2 Å². The molecule has 2 atom stereocenters. The number of hydrogen-bond donors (Lipinski definition) is 1. The fraction of sp³-hybridized carbons (Fsp3) is 1.00. The second-order valence-corrected chi connectivity index (χ2v) is 5.60. The molecule has 0 aromatic heterocycles. The van der Waals surface area contributed by atoms with E-state index in [1.165, 1.54) is 25.7 Å². The predicted octanol–water partition coefficient (Wildman–Crippen LogP) is 1.87. The van der Waals surface area contributed by atoms with Gasteiger partial charge in [-0.05, 0) is 60.7 Å². The van der Waals surface area contributed by atoms with Gasteiger partial charge in [0, 0.05) is 18.2 Å². The standard InChI is InChI=1S/C13H28N2O/c1-13(2,15(4)5)12(14-3)9-8-11-7-6-10-16-11/h11-12,14H,6-10H2,1-5H3. The maximum Gasteiger partial charge on any atom is 0.0576 e. The molecule has 1 fully saturated rings. The first-order valence-electron chi connectivity index (χ1n) is 6.44. The third-order valence-corrected chi connectivity index (χ3v) is 4.16. The van der Waals surface area contributed by atoms with E-state index in [-0.39, 0.29) is 5.54 Å². The van der Waals surface area contributed by atoms with Gasteiger partial charge in [0.2, 0.25) is 0 Å². The van der Waals surface area contributed by atoms with Crippen LogP contribution in [0.1, 0.15) is 39.5 Å². The molecule has 96 valence electrons. The summed E-state index contributed by atoms with van der Waals surface area (Å²) in [5.41, 5.74) is 0.188. The number of ether oxygens (including phenoxy) is 1. The van der Waals surface area contributed by atoms with E-state index >= 15 is 0 Å². The Kier molecular flexibility index (Phi) is 5.22. The number of nitrogens with one attached hydrogen (secondary N) is 1. The highest BCUT2D eigenvalue weighted by Crippen LogP contribution is 2.23. The Bertz CT molecular complexity index is 198. The Morgan fingerprint density at radius 1 is 1.44 bits per heavy atom. The Morgan fingerprint density at radius 3 is 2.56 bits per heavy atom. The van der Waals surface area contributed by atoms with E-state index in [4.69, 9.17) is 4.74 Å². The summed E-state index contributed by atoms with van der Waals surface area (Å²) >= 11 is 0. The van der Waals surface area contributed by atoms with Crippen LogP contribution in [0.5, 0.6) is 0 Å². The van der Waals surface area contributed by atoms with Crippen molar-refractivity contribution in [3.05, 3.63) is 0 Å². The smallest absolute Gasteiger partial charge is 0.0576 e. The zero-order valence-corrected chi connectivity index (χ0v) is 11.5. The van der Waals surface area contributed by atoms with E-state index in [0.717, 1.165) is 6.61 Å². The van der Waals surface area contributed by atoms with Crippen LogP contribution in [0.15, 0.2) is 0 Å². The van der Waals surface area contributed by atoms with Gasteiger partial charge in [-0.3, -0.25) is 0 Å². The first kappa shape index (κ1) is 13.9. The van der Waals surface area contributed by atoms with Crippen LogP contribution in [0.2, 0.25) is 0 Å². The maximum atomic E-state index is 5.68. The van der Waals surface area contributed by atoms with Gasteiger partial charge in [-0.2, -0.15) is 0 Å². The van der Waals surface area contributed by atoms with Crippen LogP contribution in [-0.2, 0) is 4.74 Å². The largest absolute Gasteiger partial charge is 0.378 e. The van der Waals surface area contributed by atoms with Gasteiger partial charge >= 0.3 is 0 Å². The van der Waals surface area contributed by atoms with Gasteiger partial charge in [-0.1, -0.05) is 0 Å².